The van der Waals surface area contributed by atoms with Crippen molar-refractivity contribution < 1.29 is 17.8 Å². The maximum Gasteiger partial charge on any atom is 0.191 e. The number of piperidine rings is 2. The second kappa shape index (κ2) is 23.2. The zero-order chi connectivity index (χ0) is 43.6. The number of rotatable bonds is 15. The summed E-state index contributed by atoms with van der Waals surface area (Å²) in [6.07, 6.45) is 12.5. The Morgan fingerprint density at radius 2 is 0.952 bits per heavy atom. The lowest BCUT2D eigenvalue weighted by Gasteiger charge is -2.27. The van der Waals surface area contributed by atoms with Crippen molar-refractivity contribution in [3.8, 4) is 22.3 Å². The molecule has 4 aromatic carbocycles. The van der Waals surface area contributed by atoms with E-state index in [2.05, 4.69) is 30.1 Å². The molecule has 63 heavy (non-hydrogen) atoms. The number of hydrogen-bond donors (Lipinski definition) is 2. The van der Waals surface area contributed by atoms with Crippen LogP contribution in [0.3, 0.4) is 0 Å². The van der Waals surface area contributed by atoms with Crippen LogP contribution in [0.5, 0.6) is 0 Å². The number of likely N-dealkylation sites (tertiary alicyclic amines) is 2. The zero-order valence-electron chi connectivity index (χ0n) is 36.2. The minimum atomic E-state index is -0.203. The van der Waals surface area contributed by atoms with Gasteiger partial charge in [-0.3, -0.25) is 9.98 Å². The Balaban J connectivity index is 0.000000189. The van der Waals surface area contributed by atoms with Crippen LogP contribution in [0.4, 0.5) is 8.78 Å². The fourth-order valence-corrected chi connectivity index (χ4v) is 8.03. The van der Waals surface area contributed by atoms with Crippen LogP contribution >= 0.6 is 0 Å². The molecule has 0 saturated carbocycles. The summed E-state index contributed by atoms with van der Waals surface area (Å²) < 4.78 is 40.0. The number of aryl methyl sites for hydroxylation is 5. The number of aromatic nitrogens is 2. The van der Waals surface area contributed by atoms with E-state index in [-0.39, 0.29) is 11.6 Å². The number of benzene rings is 4. The summed E-state index contributed by atoms with van der Waals surface area (Å²) in [6, 6.07) is 34.0. The van der Waals surface area contributed by atoms with E-state index in [4.69, 9.17) is 20.5 Å². The Bertz CT molecular complexity index is 2370. The molecule has 0 aliphatic carbocycles. The van der Waals surface area contributed by atoms with E-state index in [1.54, 1.807) is 12.1 Å². The molecule has 12 heteroatoms. The van der Waals surface area contributed by atoms with Gasteiger partial charge < -0.3 is 30.3 Å². The summed E-state index contributed by atoms with van der Waals surface area (Å²) in [6.45, 7) is 5.31. The number of hydrogen-bond acceptors (Lipinski definition) is 6. The number of nitrogens with two attached hydrogens (primary N) is 2. The van der Waals surface area contributed by atoms with Gasteiger partial charge in [0.15, 0.2) is 11.9 Å². The van der Waals surface area contributed by atoms with Crippen LogP contribution in [0.15, 0.2) is 128 Å². The fourth-order valence-electron chi connectivity index (χ4n) is 8.03. The molecule has 2 saturated heterocycles. The molecular weight excluding hydrogens is 795 g/mol. The third-order valence-electron chi connectivity index (χ3n) is 11.6. The molecule has 4 N–H and O–H groups in total. The van der Waals surface area contributed by atoms with E-state index in [1.807, 2.05) is 97.1 Å². The molecule has 330 valence electrons. The first-order chi connectivity index (χ1) is 30.9. The van der Waals surface area contributed by atoms with Crippen molar-refractivity contribution in [2.45, 2.75) is 83.5 Å². The van der Waals surface area contributed by atoms with E-state index in [1.165, 1.54) is 38.5 Å². The van der Waals surface area contributed by atoms with Gasteiger partial charge in [0.2, 0.25) is 0 Å². The molecule has 8 rings (SSSR count). The van der Waals surface area contributed by atoms with Gasteiger partial charge in [-0.2, -0.15) is 0 Å². The highest BCUT2D eigenvalue weighted by Crippen LogP contribution is 2.26. The van der Waals surface area contributed by atoms with Gasteiger partial charge in [-0.1, -0.05) is 95.2 Å². The minimum Gasteiger partial charge on any atom is -0.370 e. The standard InChI is InChI=1S/C26H31FN4O.C25H29FN4O/c27-25-18-20(12-14-24(25)21-8-3-1-4-9-21)11-13-23-19-22(30-32-23)10-7-15-29-26(28)31-16-5-2-6-17-31;26-24-17-19(10-12-23(24)20-7-3-1-4-8-20)9-11-22-18-21(29-31-22)13-14-28-25(27)30-15-5-2-6-16-30/h1,3-4,8-9,12,14,18-19H,2,5-7,10-11,13,15-17H2,(H2,28,29);1,3-4,7-8,10,12,17-18H,2,5-6,9,11,13-16H2,(H2,27,28). The summed E-state index contributed by atoms with van der Waals surface area (Å²) >= 11 is 0. The molecule has 0 radical (unpaired) electrons. The highest BCUT2D eigenvalue weighted by Gasteiger charge is 2.14. The Kier molecular flexibility index (Phi) is 16.5. The van der Waals surface area contributed by atoms with Crippen LogP contribution in [-0.4, -0.2) is 71.3 Å². The normalized spacial score (nSPS) is 14.7. The van der Waals surface area contributed by atoms with Crippen LogP contribution in [0.2, 0.25) is 0 Å². The molecule has 2 aromatic heterocycles. The van der Waals surface area contributed by atoms with Gasteiger partial charge in [0.05, 0.1) is 11.4 Å². The lowest BCUT2D eigenvalue weighted by atomic mass is 10.0. The van der Waals surface area contributed by atoms with Crippen molar-refractivity contribution >= 4 is 11.9 Å². The van der Waals surface area contributed by atoms with Gasteiger partial charge in [0.1, 0.15) is 23.2 Å². The molecule has 4 heterocycles. The molecule has 6 aromatic rings. The maximum absolute atomic E-state index is 14.6. The average Bonchev–Trinajstić information content (AvgIpc) is 4.00. The first kappa shape index (κ1) is 44.7. The summed E-state index contributed by atoms with van der Waals surface area (Å²) in [5.41, 5.74) is 18.9. The van der Waals surface area contributed by atoms with Crippen molar-refractivity contribution in [2.75, 3.05) is 39.3 Å². The van der Waals surface area contributed by atoms with E-state index >= 15 is 0 Å². The third kappa shape index (κ3) is 13.6. The Morgan fingerprint density at radius 1 is 0.508 bits per heavy atom. The third-order valence-corrected chi connectivity index (χ3v) is 11.6. The zero-order valence-corrected chi connectivity index (χ0v) is 36.2. The summed E-state index contributed by atoms with van der Waals surface area (Å²) in [7, 11) is 0. The maximum atomic E-state index is 14.6. The van der Waals surface area contributed by atoms with Gasteiger partial charge in [0.25, 0.3) is 0 Å². The molecule has 10 nitrogen and oxygen atoms in total. The molecule has 0 atom stereocenters. The monoisotopic (exact) mass is 854 g/mol. The molecule has 0 amide bonds. The largest absolute Gasteiger partial charge is 0.370 e. The molecule has 0 unspecified atom stereocenters. The van der Waals surface area contributed by atoms with Crippen molar-refractivity contribution in [1.82, 2.24) is 20.1 Å². The van der Waals surface area contributed by atoms with Crippen molar-refractivity contribution in [2.24, 2.45) is 21.5 Å². The minimum absolute atomic E-state index is 0.198. The molecule has 2 aliphatic heterocycles. The molecule has 2 aliphatic rings. The van der Waals surface area contributed by atoms with Crippen LogP contribution in [0.1, 0.15) is 79.0 Å². The smallest absolute Gasteiger partial charge is 0.191 e. The highest BCUT2D eigenvalue weighted by molar-refractivity contribution is 5.78. The van der Waals surface area contributed by atoms with Crippen molar-refractivity contribution in [3.63, 3.8) is 0 Å². The molecule has 0 bridgehead atoms. The van der Waals surface area contributed by atoms with Crippen LogP contribution in [0, 0.1) is 11.6 Å². The first-order valence-electron chi connectivity index (χ1n) is 22.5. The second-order valence-electron chi connectivity index (χ2n) is 16.4. The lowest BCUT2D eigenvalue weighted by Crippen LogP contribution is -2.41. The van der Waals surface area contributed by atoms with Gasteiger partial charge in [-0.25, -0.2) is 8.78 Å². The fraction of sp³-hybridized carbons (Fsp3) is 0.373. The topological polar surface area (TPSA) is 135 Å². The highest BCUT2D eigenvalue weighted by atomic mass is 19.1. The van der Waals surface area contributed by atoms with E-state index in [0.717, 1.165) is 84.2 Å². The van der Waals surface area contributed by atoms with Gasteiger partial charge in [-0.05, 0) is 98.6 Å². The molecule has 0 spiro atoms. The van der Waals surface area contributed by atoms with Crippen LogP contribution in [0.25, 0.3) is 22.3 Å². The SMILES string of the molecule is NC(=NCCCc1cc(CCc2ccc(-c3ccccc3)c(F)c2)on1)N1CCCCC1.NC(=NCCc1cc(CCc2ccc(-c3ccccc3)c(F)c2)on1)N1CCCCC1. The number of guanidine groups is 2. The molecular formula is C51H60F2N8O2. The number of aliphatic imine (C=N–C) groups is 2. The van der Waals surface area contributed by atoms with Crippen molar-refractivity contribution in [1.29, 1.82) is 0 Å². The van der Waals surface area contributed by atoms with Gasteiger partial charge >= 0.3 is 0 Å². The van der Waals surface area contributed by atoms with Gasteiger partial charge in [0, 0.05) is 81.8 Å². The number of nitrogens with zero attached hydrogens (tertiary/aromatic N) is 6. The van der Waals surface area contributed by atoms with Gasteiger partial charge in [-0.15, -0.1) is 0 Å². The molecule has 2 fully saturated rings. The summed E-state index contributed by atoms with van der Waals surface area (Å²) in [5, 5.41) is 8.30. The quantitative estimate of drug-likeness (QED) is 0.0593. The predicted octanol–water partition coefficient (Wildman–Crippen LogP) is 9.61. The average molecular weight is 855 g/mol. The summed E-state index contributed by atoms with van der Waals surface area (Å²) in [4.78, 5) is 13.3. The van der Waals surface area contributed by atoms with Crippen LogP contribution < -0.4 is 11.5 Å². The lowest BCUT2D eigenvalue weighted by molar-refractivity contribution is 0.338. The Labute approximate surface area is 370 Å². The van der Waals surface area contributed by atoms with Crippen molar-refractivity contribution in [3.05, 3.63) is 155 Å². The first-order valence-corrected chi connectivity index (χ1v) is 22.5. The predicted molar refractivity (Wildman–Crippen MR) is 247 cm³/mol. The van der Waals surface area contributed by atoms with Crippen LogP contribution in [-0.2, 0) is 38.5 Å². The Hall–Kier alpha value is -6.30. The summed E-state index contributed by atoms with van der Waals surface area (Å²) in [5.74, 6) is 2.52. The van der Waals surface area contributed by atoms with E-state index in [9.17, 15) is 8.78 Å². The number of halogens is 2. The Morgan fingerprint density at radius 3 is 1.41 bits per heavy atom. The van der Waals surface area contributed by atoms with E-state index in [0.29, 0.717) is 68.2 Å². The second-order valence-corrected chi connectivity index (χ2v) is 16.4. The van der Waals surface area contributed by atoms with E-state index < -0.39 is 0 Å².